The van der Waals surface area contributed by atoms with Crippen molar-refractivity contribution in [3.05, 3.63) is 58.1 Å². The topological polar surface area (TPSA) is 37.3 Å². The van der Waals surface area contributed by atoms with Crippen LogP contribution in [-0.2, 0) is 0 Å². The van der Waals surface area contributed by atoms with E-state index in [1.165, 1.54) is 0 Å². The molecule has 0 saturated carbocycles. The molecule has 3 rings (SSSR count). The Labute approximate surface area is 136 Å². The van der Waals surface area contributed by atoms with Gasteiger partial charge < -0.3 is 0 Å². The maximum atomic E-state index is 6.01. The zero-order valence-corrected chi connectivity index (χ0v) is 13.4. The maximum Gasteiger partial charge on any atom is 0.204 e. The number of nitrogens with one attached hydrogen (secondary N) is 1. The maximum absolute atomic E-state index is 6.01. The number of hydrazone groups is 1. The summed E-state index contributed by atoms with van der Waals surface area (Å²) in [6.45, 7) is 1.90. The van der Waals surface area contributed by atoms with Gasteiger partial charge in [-0.05, 0) is 36.8 Å². The molecule has 3 aromatic rings. The fraction of sp³-hybridized carbons (Fsp3) is 0.0667. The molecule has 0 aliphatic carbocycles. The Bertz CT molecular complexity index is 794. The van der Waals surface area contributed by atoms with Crippen LogP contribution >= 0.6 is 34.5 Å². The molecule has 2 aromatic carbocycles. The van der Waals surface area contributed by atoms with E-state index in [9.17, 15) is 0 Å². The molecule has 0 aliphatic rings. The first-order valence-electron chi connectivity index (χ1n) is 6.25. The lowest BCUT2D eigenvalue weighted by Crippen LogP contribution is -1.99. The SMILES string of the molecule is C/C(=N/Nc1nc2ccccc2s1)c1ccc(Cl)c(Cl)c1. The van der Waals surface area contributed by atoms with Crippen molar-refractivity contribution >= 4 is 55.6 Å². The Kier molecular flexibility index (Phi) is 4.10. The van der Waals surface area contributed by atoms with Crippen LogP contribution in [0.2, 0.25) is 10.0 Å². The van der Waals surface area contributed by atoms with Crippen molar-refractivity contribution in [2.45, 2.75) is 6.92 Å². The van der Waals surface area contributed by atoms with E-state index < -0.39 is 0 Å². The molecule has 1 heterocycles. The van der Waals surface area contributed by atoms with Crippen LogP contribution in [0, 0.1) is 0 Å². The Morgan fingerprint density at radius 2 is 1.95 bits per heavy atom. The van der Waals surface area contributed by atoms with Crippen LogP contribution in [0.25, 0.3) is 10.2 Å². The molecule has 0 unspecified atom stereocenters. The van der Waals surface area contributed by atoms with Crippen LogP contribution in [0.1, 0.15) is 12.5 Å². The third-order valence-electron chi connectivity index (χ3n) is 2.95. The Balaban J connectivity index is 1.82. The third-order valence-corrected chi connectivity index (χ3v) is 4.63. The van der Waals surface area contributed by atoms with E-state index in [4.69, 9.17) is 23.2 Å². The summed E-state index contributed by atoms with van der Waals surface area (Å²) in [4.78, 5) is 4.46. The minimum Gasteiger partial charge on any atom is -0.252 e. The summed E-state index contributed by atoms with van der Waals surface area (Å²) in [5.74, 6) is 0. The average molecular weight is 336 g/mol. The van der Waals surface area contributed by atoms with Gasteiger partial charge in [-0.3, -0.25) is 5.43 Å². The van der Waals surface area contributed by atoms with Gasteiger partial charge in [-0.25, -0.2) is 4.98 Å². The molecule has 106 valence electrons. The summed E-state index contributed by atoms with van der Waals surface area (Å²) in [5, 5.41) is 6.16. The van der Waals surface area contributed by atoms with Crippen molar-refractivity contribution in [2.24, 2.45) is 5.10 Å². The minimum absolute atomic E-state index is 0.517. The summed E-state index contributed by atoms with van der Waals surface area (Å²) >= 11 is 13.5. The monoisotopic (exact) mass is 335 g/mol. The zero-order chi connectivity index (χ0) is 14.8. The summed E-state index contributed by atoms with van der Waals surface area (Å²) < 4.78 is 1.13. The number of halogens is 2. The van der Waals surface area contributed by atoms with Crippen LogP contribution in [0.5, 0.6) is 0 Å². The first kappa shape index (κ1) is 14.3. The number of thiazole rings is 1. The Morgan fingerprint density at radius 1 is 1.14 bits per heavy atom. The number of hydrogen-bond acceptors (Lipinski definition) is 4. The first-order chi connectivity index (χ1) is 10.1. The van der Waals surface area contributed by atoms with Crippen molar-refractivity contribution in [3.8, 4) is 0 Å². The minimum atomic E-state index is 0.517. The molecule has 0 amide bonds. The van der Waals surface area contributed by atoms with E-state index in [2.05, 4.69) is 15.5 Å². The van der Waals surface area contributed by atoms with Gasteiger partial charge in [0.2, 0.25) is 5.13 Å². The lowest BCUT2D eigenvalue weighted by molar-refractivity contribution is 1.29. The van der Waals surface area contributed by atoms with E-state index in [0.29, 0.717) is 10.0 Å². The van der Waals surface area contributed by atoms with Crippen LogP contribution in [0.3, 0.4) is 0 Å². The number of para-hydroxylation sites is 1. The van der Waals surface area contributed by atoms with E-state index in [1.54, 1.807) is 23.5 Å². The molecule has 21 heavy (non-hydrogen) atoms. The molecule has 3 nitrogen and oxygen atoms in total. The highest BCUT2D eigenvalue weighted by molar-refractivity contribution is 7.22. The molecule has 0 saturated heterocycles. The molecule has 0 aliphatic heterocycles. The first-order valence-corrected chi connectivity index (χ1v) is 7.82. The summed E-state index contributed by atoms with van der Waals surface area (Å²) in [7, 11) is 0. The number of anilines is 1. The highest BCUT2D eigenvalue weighted by atomic mass is 35.5. The van der Waals surface area contributed by atoms with Crippen molar-refractivity contribution in [2.75, 3.05) is 5.43 Å². The summed E-state index contributed by atoms with van der Waals surface area (Å²) in [5.41, 5.74) is 5.68. The van der Waals surface area contributed by atoms with Gasteiger partial charge in [0.15, 0.2) is 0 Å². The van der Waals surface area contributed by atoms with Gasteiger partial charge in [0.25, 0.3) is 0 Å². The largest absolute Gasteiger partial charge is 0.252 e. The van der Waals surface area contributed by atoms with E-state index >= 15 is 0 Å². The predicted octanol–water partition coefficient (Wildman–Crippen LogP) is 5.44. The molecular weight excluding hydrogens is 325 g/mol. The predicted molar refractivity (Wildman–Crippen MR) is 91.9 cm³/mol. The normalized spacial score (nSPS) is 11.9. The number of aromatic nitrogens is 1. The molecule has 1 N–H and O–H groups in total. The molecule has 0 bridgehead atoms. The quantitative estimate of drug-likeness (QED) is 0.511. The van der Waals surface area contributed by atoms with Gasteiger partial charge in [0.1, 0.15) is 0 Å². The fourth-order valence-electron chi connectivity index (χ4n) is 1.84. The van der Waals surface area contributed by atoms with E-state index in [0.717, 1.165) is 26.6 Å². The van der Waals surface area contributed by atoms with Crippen molar-refractivity contribution < 1.29 is 0 Å². The smallest absolute Gasteiger partial charge is 0.204 e. The van der Waals surface area contributed by atoms with Crippen LogP contribution in [0.4, 0.5) is 5.13 Å². The summed E-state index contributed by atoms with van der Waals surface area (Å²) in [6.07, 6.45) is 0. The molecule has 0 radical (unpaired) electrons. The number of benzene rings is 2. The molecule has 6 heteroatoms. The van der Waals surface area contributed by atoms with Crippen LogP contribution in [0.15, 0.2) is 47.6 Å². The fourth-order valence-corrected chi connectivity index (χ4v) is 2.94. The van der Waals surface area contributed by atoms with Crippen molar-refractivity contribution in [3.63, 3.8) is 0 Å². The molecule has 1 aromatic heterocycles. The van der Waals surface area contributed by atoms with Crippen molar-refractivity contribution in [1.29, 1.82) is 0 Å². The van der Waals surface area contributed by atoms with Crippen molar-refractivity contribution in [1.82, 2.24) is 4.98 Å². The van der Waals surface area contributed by atoms with Gasteiger partial charge in [-0.2, -0.15) is 5.10 Å². The number of rotatable bonds is 3. The van der Waals surface area contributed by atoms with Gasteiger partial charge in [-0.1, -0.05) is 52.7 Å². The van der Waals surface area contributed by atoms with Crippen LogP contribution in [-0.4, -0.2) is 10.7 Å². The second-order valence-electron chi connectivity index (χ2n) is 4.42. The van der Waals surface area contributed by atoms with E-state index in [-0.39, 0.29) is 0 Å². The highest BCUT2D eigenvalue weighted by Gasteiger charge is 2.04. The van der Waals surface area contributed by atoms with Crippen LogP contribution < -0.4 is 5.43 Å². The standard InChI is InChI=1S/C15H11Cl2N3S/c1-9(10-6-7-11(16)12(17)8-10)19-20-15-18-13-4-2-3-5-14(13)21-15/h2-8H,1H3,(H,18,20)/b19-9-. The Morgan fingerprint density at radius 3 is 2.71 bits per heavy atom. The molecular formula is C15H11Cl2N3S. The Hall–Kier alpha value is -1.62. The van der Waals surface area contributed by atoms with E-state index in [1.807, 2.05) is 37.3 Å². The second kappa shape index (κ2) is 6.02. The number of nitrogens with zero attached hydrogens (tertiary/aromatic N) is 2. The summed E-state index contributed by atoms with van der Waals surface area (Å²) in [6, 6.07) is 13.4. The van der Waals surface area contributed by atoms with Gasteiger partial charge in [-0.15, -0.1) is 0 Å². The average Bonchev–Trinajstić information content (AvgIpc) is 2.90. The highest BCUT2D eigenvalue weighted by Crippen LogP contribution is 2.26. The number of hydrogen-bond donors (Lipinski definition) is 1. The lowest BCUT2D eigenvalue weighted by atomic mass is 10.1. The van der Waals surface area contributed by atoms with Gasteiger partial charge >= 0.3 is 0 Å². The van der Waals surface area contributed by atoms with Gasteiger partial charge in [0, 0.05) is 0 Å². The third kappa shape index (κ3) is 3.18. The molecule has 0 spiro atoms. The molecule has 0 atom stereocenters. The lowest BCUT2D eigenvalue weighted by Gasteiger charge is -2.03. The zero-order valence-electron chi connectivity index (χ0n) is 11.1. The number of fused-ring (bicyclic) bond motifs is 1. The second-order valence-corrected chi connectivity index (χ2v) is 6.27. The molecule has 0 fully saturated rings. The van der Waals surface area contributed by atoms with Gasteiger partial charge in [0.05, 0.1) is 26.0 Å².